The molecule has 0 aliphatic carbocycles. The minimum Gasteiger partial charge on any atom is -0.780 e. The molecule has 4 nitrogen and oxygen atoms in total. The predicted octanol–water partition coefficient (Wildman–Crippen LogP) is 8.55. The van der Waals surface area contributed by atoms with E-state index in [2.05, 4.69) is 0 Å². The average molecular weight is 732 g/mol. The number of hydrogen-bond donors (Lipinski definition) is 0. The maximum absolute atomic E-state index is 6.17. The van der Waals surface area contributed by atoms with E-state index >= 15 is 0 Å². The van der Waals surface area contributed by atoms with Gasteiger partial charge < -0.3 is 69.5 Å². The second-order valence-corrected chi connectivity index (χ2v) is 10.9. The van der Waals surface area contributed by atoms with E-state index in [4.69, 9.17) is 92.7 Å². The first-order valence-electron chi connectivity index (χ1n) is 12.3. The van der Waals surface area contributed by atoms with Crippen LogP contribution in [-0.4, -0.2) is 28.4 Å². The van der Waals surface area contributed by atoms with Crippen molar-refractivity contribution in [3.05, 3.63) is 117 Å². The first kappa shape index (κ1) is 36.7. The molecule has 0 spiro atoms. The third kappa shape index (κ3) is 9.25. The van der Waals surface area contributed by atoms with Gasteiger partial charge in [-0.2, -0.15) is 19.6 Å². The number of rotatable bonds is 8. The van der Waals surface area contributed by atoms with Gasteiger partial charge in [-0.15, -0.1) is 0 Å². The molecule has 4 aromatic carbocycles. The maximum atomic E-state index is 6.17. The minimum absolute atomic E-state index is 0. The van der Waals surface area contributed by atoms with E-state index in [0.717, 1.165) is 22.3 Å². The van der Waals surface area contributed by atoms with E-state index in [9.17, 15) is 0 Å². The molecule has 0 N–H and O–H groups in total. The van der Waals surface area contributed by atoms with Gasteiger partial charge in [-0.1, -0.05) is 71.7 Å². The minimum atomic E-state index is 0. The topological polar surface area (TPSA) is 36.9 Å². The summed E-state index contributed by atoms with van der Waals surface area (Å²) in [5.41, 5.74) is 3.11. The SMILES string of the molecule is COc1ccc(C([S-])=C([S-])c2ccccc2Cl)cc1OC.COc1ccc(C([S-])=C([S-])c2ccccc2Cl)cc1OC.[Ni]. The van der Waals surface area contributed by atoms with Crippen molar-refractivity contribution in [2.45, 2.75) is 0 Å². The number of ether oxygens (including phenoxy) is 4. The van der Waals surface area contributed by atoms with E-state index in [0.29, 0.717) is 52.7 Å². The Labute approximate surface area is 295 Å². The molecule has 0 unspecified atom stereocenters. The molecule has 0 fully saturated rings. The Morgan fingerprint density at radius 1 is 0.465 bits per heavy atom. The van der Waals surface area contributed by atoms with Gasteiger partial charge in [-0.25, -0.2) is 0 Å². The van der Waals surface area contributed by atoms with Crippen LogP contribution in [0.3, 0.4) is 0 Å². The molecule has 43 heavy (non-hydrogen) atoms. The molecule has 11 heteroatoms. The quantitative estimate of drug-likeness (QED) is 0.101. The van der Waals surface area contributed by atoms with Crippen LogP contribution >= 0.6 is 23.2 Å². The summed E-state index contributed by atoms with van der Waals surface area (Å²) in [4.78, 5) is 2.20. The van der Waals surface area contributed by atoms with E-state index < -0.39 is 0 Å². The zero-order chi connectivity index (χ0) is 30.8. The normalized spacial score (nSPS) is 11.5. The van der Waals surface area contributed by atoms with Crippen LogP contribution in [0.2, 0.25) is 10.0 Å². The van der Waals surface area contributed by atoms with E-state index in [1.165, 1.54) is 0 Å². The fourth-order valence-corrected chi connectivity index (χ4v) is 5.39. The fourth-order valence-electron chi connectivity index (χ4n) is 3.75. The molecule has 0 amide bonds. The number of halogens is 2. The Hall–Kier alpha value is -2.49. The molecular weight excluding hydrogens is 706 g/mol. The Balaban J connectivity index is 0.000000293. The monoisotopic (exact) mass is 730 g/mol. The van der Waals surface area contributed by atoms with Gasteiger partial charge in [0.15, 0.2) is 23.0 Å². The van der Waals surface area contributed by atoms with Gasteiger partial charge in [0.05, 0.1) is 28.4 Å². The number of methoxy groups -OCH3 is 4. The summed E-state index contributed by atoms with van der Waals surface area (Å²) in [6.45, 7) is 0. The van der Waals surface area contributed by atoms with Crippen LogP contribution in [0.1, 0.15) is 22.3 Å². The molecule has 4 aromatic rings. The van der Waals surface area contributed by atoms with Crippen molar-refractivity contribution >= 4 is 93.3 Å². The predicted molar refractivity (Wildman–Crippen MR) is 185 cm³/mol. The third-order valence-corrected chi connectivity index (χ3v) is 8.59. The summed E-state index contributed by atoms with van der Waals surface area (Å²) in [5, 5.41) is 1.18. The molecule has 0 heterocycles. The van der Waals surface area contributed by atoms with Crippen LogP contribution in [0.15, 0.2) is 84.9 Å². The standard InChI is InChI=1S/2C16H15ClO2S2.Ni/c2*1-18-13-8-7-10(9-14(13)19-2)15(20)16(21)11-5-3-4-6-12(11)17;/h2*3-9,20-21H,1-2H3;/p-4. The van der Waals surface area contributed by atoms with Gasteiger partial charge in [0.2, 0.25) is 0 Å². The first-order valence-corrected chi connectivity index (χ1v) is 14.7. The molecule has 0 atom stereocenters. The average Bonchev–Trinajstić information content (AvgIpc) is 3.03. The van der Waals surface area contributed by atoms with Crippen LogP contribution in [0.25, 0.3) is 19.6 Å². The van der Waals surface area contributed by atoms with Crippen molar-refractivity contribution in [1.82, 2.24) is 0 Å². The second kappa shape index (κ2) is 17.7. The summed E-state index contributed by atoms with van der Waals surface area (Å²) >= 11 is 34.2. The third-order valence-electron chi connectivity index (χ3n) is 5.94. The van der Waals surface area contributed by atoms with Crippen LogP contribution in [0.4, 0.5) is 0 Å². The summed E-state index contributed by atoms with van der Waals surface area (Å²) in [5.74, 6) is 2.51. The van der Waals surface area contributed by atoms with Crippen LogP contribution in [0, 0.1) is 0 Å². The Morgan fingerprint density at radius 3 is 1.09 bits per heavy atom. The van der Waals surface area contributed by atoms with Gasteiger partial charge >= 0.3 is 0 Å². The van der Waals surface area contributed by atoms with Gasteiger partial charge in [-0.05, 0) is 58.7 Å². The Bertz CT molecular complexity index is 1490. The van der Waals surface area contributed by atoms with Crippen molar-refractivity contribution in [1.29, 1.82) is 0 Å². The molecule has 0 aromatic heterocycles. The zero-order valence-electron chi connectivity index (χ0n) is 23.4. The van der Waals surface area contributed by atoms with Gasteiger partial charge in [0.1, 0.15) is 0 Å². The van der Waals surface area contributed by atoms with Crippen molar-refractivity contribution in [3.63, 3.8) is 0 Å². The molecule has 0 aliphatic heterocycles. The van der Waals surface area contributed by atoms with Crippen molar-refractivity contribution in [2.75, 3.05) is 28.4 Å². The maximum Gasteiger partial charge on any atom is 0.161 e. The molecule has 0 saturated carbocycles. The Kier molecular flexibility index (Phi) is 15.1. The van der Waals surface area contributed by atoms with Crippen molar-refractivity contribution in [3.8, 4) is 23.0 Å². The fraction of sp³-hybridized carbons (Fsp3) is 0.125. The Morgan fingerprint density at radius 2 is 0.791 bits per heavy atom. The molecule has 0 radical (unpaired) electrons. The largest absolute Gasteiger partial charge is 0.780 e. The summed E-state index contributed by atoms with van der Waals surface area (Å²) < 4.78 is 21.0. The van der Waals surface area contributed by atoms with E-state index in [1.807, 2.05) is 60.7 Å². The van der Waals surface area contributed by atoms with Gasteiger partial charge in [0, 0.05) is 26.5 Å². The number of hydrogen-bond acceptors (Lipinski definition) is 8. The summed E-state index contributed by atoms with van der Waals surface area (Å²) in [6.07, 6.45) is 0. The second-order valence-electron chi connectivity index (χ2n) is 8.42. The molecular formula is C32H26Cl2NiO4S4-4. The first-order chi connectivity index (χ1) is 20.2. The van der Waals surface area contributed by atoms with Crippen LogP contribution in [0.5, 0.6) is 23.0 Å². The smallest absolute Gasteiger partial charge is 0.161 e. The molecule has 0 bridgehead atoms. The summed E-state index contributed by atoms with van der Waals surface area (Å²) in [6, 6.07) is 25.7. The summed E-state index contributed by atoms with van der Waals surface area (Å²) in [7, 11) is 6.34. The van der Waals surface area contributed by atoms with Crippen molar-refractivity contribution < 1.29 is 35.4 Å². The van der Waals surface area contributed by atoms with Gasteiger partial charge in [0.25, 0.3) is 0 Å². The van der Waals surface area contributed by atoms with E-state index in [1.54, 1.807) is 52.7 Å². The van der Waals surface area contributed by atoms with Crippen LogP contribution in [-0.2, 0) is 67.0 Å². The van der Waals surface area contributed by atoms with Crippen LogP contribution < -0.4 is 18.9 Å². The van der Waals surface area contributed by atoms with Gasteiger partial charge in [-0.3, -0.25) is 0 Å². The molecule has 230 valence electrons. The molecule has 0 aliphatic rings. The molecule has 0 saturated heterocycles. The van der Waals surface area contributed by atoms with Crippen molar-refractivity contribution in [2.24, 2.45) is 0 Å². The zero-order valence-corrected chi connectivity index (χ0v) is 29.2. The van der Waals surface area contributed by atoms with E-state index in [-0.39, 0.29) is 16.5 Å². The molecule has 4 rings (SSSR count). The number of benzene rings is 4.